The molecule has 30 heavy (non-hydrogen) atoms. The SMILES string of the molecule is COC(=O)[C@@H](Cc1cc(OC)no1)NC(=O)[C@H](CC(C)C)N(C)C(=O)OC(C)(C)C. The average molecular weight is 427 g/mol. The first-order chi connectivity index (χ1) is 13.9. The molecule has 0 spiro atoms. The van der Waals surface area contributed by atoms with Crippen LogP contribution in [0, 0.1) is 5.92 Å². The van der Waals surface area contributed by atoms with Gasteiger partial charge in [0.05, 0.1) is 14.2 Å². The molecule has 0 bridgehead atoms. The Morgan fingerprint density at radius 1 is 1.23 bits per heavy atom. The van der Waals surface area contributed by atoms with Crippen molar-refractivity contribution < 1.29 is 33.1 Å². The molecule has 1 N–H and O–H groups in total. The molecule has 2 atom stereocenters. The summed E-state index contributed by atoms with van der Waals surface area (Å²) in [5.74, 6) is -0.452. The van der Waals surface area contributed by atoms with E-state index in [-0.39, 0.29) is 18.2 Å². The fourth-order valence-electron chi connectivity index (χ4n) is 2.64. The molecule has 1 aromatic heterocycles. The van der Waals surface area contributed by atoms with Crippen LogP contribution in [0.4, 0.5) is 4.79 Å². The van der Waals surface area contributed by atoms with Crippen LogP contribution in [0.15, 0.2) is 10.6 Å². The summed E-state index contributed by atoms with van der Waals surface area (Å²) in [5.41, 5.74) is -0.704. The minimum absolute atomic E-state index is 0.0132. The highest BCUT2D eigenvalue weighted by Crippen LogP contribution is 2.17. The molecule has 1 heterocycles. The van der Waals surface area contributed by atoms with Gasteiger partial charge in [0, 0.05) is 19.5 Å². The first-order valence-corrected chi connectivity index (χ1v) is 9.71. The largest absolute Gasteiger partial charge is 0.479 e. The van der Waals surface area contributed by atoms with Crippen LogP contribution in [-0.4, -0.2) is 67.0 Å². The lowest BCUT2D eigenvalue weighted by Crippen LogP contribution is -2.54. The van der Waals surface area contributed by atoms with Gasteiger partial charge >= 0.3 is 12.1 Å². The first-order valence-electron chi connectivity index (χ1n) is 9.71. The number of carbonyl (C=O) groups excluding carboxylic acids is 3. The second kappa shape index (κ2) is 10.8. The molecule has 0 aliphatic heterocycles. The van der Waals surface area contributed by atoms with Gasteiger partial charge in [0.2, 0.25) is 5.91 Å². The molecule has 10 heteroatoms. The fraction of sp³-hybridized carbons (Fsp3) is 0.700. The van der Waals surface area contributed by atoms with Crippen molar-refractivity contribution in [3.8, 4) is 5.88 Å². The van der Waals surface area contributed by atoms with Crippen molar-refractivity contribution in [1.82, 2.24) is 15.4 Å². The van der Waals surface area contributed by atoms with Gasteiger partial charge in [-0.15, -0.1) is 0 Å². The van der Waals surface area contributed by atoms with E-state index in [1.54, 1.807) is 20.8 Å². The van der Waals surface area contributed by atoms with Crippen LogP contribution in [0.25, 0.3) is 0 Å². The number of methoxy groups -OCH3 is 2. The average Bonchev–Trinajstić information content (AvgIpc) is 3.10. The number of likely N-dealkylation sites (N-methyl/N-ethyl adjacent to an activating group) is 1. The number of carbonyl (C=O) groups is 3. The number of aromatic nitrogens is 1. The molecule has 1 rings (SSSR count). The summed E-state index contributed by atoms with van der Waals surface area (Å²) in [6.45, 7) is 9.10. The van der Waals surface area contributed by atoms with E-state index in [0.29, 0.717) is 12.2 Å². The van der Waals surface area contributed by atoms with Gasteiger partial charge in [-0.25, -0.2) is 9.59 Å². The minimum Gasteiger partial charge on any atom is -0.479 e. The van der Waals surface area contributed by atoms with E-state index >= 15 is 0 Å². The number of nitrogens with one attached hydrogen (secondary N) is 1. The third-order valence-corrected chi connectivity index (χ3v) is 4.10. The summed E-state index contributed by atoms with van der Waals surface area (Å²) in [6, 6.07) is -0.348. The van der Waals surface area contributed by atoms with E-state index in [1.165, 1.54) is 32.2 Å². The lowest BCUT2D eigenvalue weighted by molar-refractivity contribution is -0.145. The van der Waals surface area contributed by atoms with Crippen molar-refractivity contribution in [2.24, 2.45) is 5.92 Å². The Balaban J connectivity index is 3.00. The first kappa shape index (κ1) is 25.3. The lowest BCUT2D eigenvalue weighted by Gasteiger charge is -2.31. The summed E-state index contributed by atoms with van der Waals surface area (Å²) in [7, 11) is 4.15. The molecule has 0 aliphatic carbocycles. The normalized spacial score (nSPS) is 13.4. The number of hydrogen-bond acceptors (Lipinski definition) is 8. The molecule has 0 aromatic carbocycles. The standard InChI is InChI=1S/C20H33N3O7/c1-12(2)9-15(23(6)19(26)29-20(3,4)5)17(24)21-14(18(25)28-8)10-13-11-16(27-7)22-30-13/h11-12,14-15H,9-10H2,1-8H3,(H,21,24)/t14-,15+/m1/s1. The van der Waals surface area contributed by atoms with Crippen LogP contribution in [0.3, 0.4) is 0 Å². The van der Waals surface area contributed by atoms with Gasteiger partial charge in [-0.3, -0.25) is 9.69 Å². The van der Waals surface area contributed by atoms with Crippen LogP contribution in [-0.2, 0) is 25.5 Å². The number of ether oxygens (including phenoxy) is 3. The molecule has 10 nitrogen and oxygen atoms in total. The number of nitrogens with zero attached hydrogens (tertiary/aromatic N) is 2. The molecule has 0 unspecified atom stereocenters. The molecule has 0 fully saturated rings. The summed E-state index contributed by atoms with van der Waals surface area (Å²) in [5, 5.41) is 6.34. The predicted molar refractivity (Wildman–Crippen MR) is 108 cm³/mol. The summed E-state index contributed by atoms with van der Waals surface area (Å²) >= 11 is 0. The van der Waals surface area contributed by atoms with E-state index in [0.717, 1.165) is 0 Å². The number of hydrogen-bond donors (Lipinski definition) is 1. The third-order valence-electron chi connectivity index (χ3n) is 4.10. The zero-order chi connectivity index (χ0) is 23.1. The maximum absolute atomic E-state index is 13.0. The number of amides is 2. The van der Waals surface area contributed by atoms with Crippen LogP contribution in [0.5, 0.6) is 5.88 Å². The highest BCUT2D eigenvalue weighted by molar-refractivity contribution is 5.89. The van der Waals surface area contributed by atoms with Crippen LogP contribution < -0.4 is 10.1 Å². The van der Waals surface area contributed by atoms with Gasteiger partial charge in [-0.2, -0.15) is 0 Å². The van der Waals surface area contributed by atoms with Crippen molar-refractivity contribution >= 4 is 18.0 Å². The quantitative estimate of drug-likeness (QED) is 0.595. The predicted octanol–water partition coefficient (Wildman–Crippen LogP) is 2.17. The Hall–Kier alpha value is -2.78. The monoisotopic (exact) mass is 427 g/mol. The second-order valence-electron chi connectivity index (χ2n) is 8.36. The molecule has 1 aromatic rings. The highest BCUT2D eigenvalue weighted by Gasteiger charge is 2.34. The topological polar surface area (TPSA) is 120 Å². The van der Waals surface area contributed by atoms with Gasteiger partial charge < -0.3 is 24.1 Å². The molecule has 2 amide bonds. The van der Waals surface area contributed by atoms with Gasteiger partial charge in [-0.05, 0) is 38.3 Å². The second-order valence-corrected chi connectivity index (χ2v) is 8.36. The van der Waals surface area contributed by atoms with E-state index < -0.39 is 35.7 Å². The Morgan fingerprint density at radius 2 is 1.87 bits per heavy atom. The minimum atomic E-state index is -1.03. The maximum Gasteiger partial charge on any atom is 0.410 e. The van der Waals surface area contributed by atoms with E-state index in [9.17, 15) is 14.4 Å². The smallest absolute Gasteiger partial charge is 0.410 e. The van der Waals surface area contributed by atoms with Gasteiger partial charge in [-0.1, -0.05) is 13.8 Å². The molecular weight excluding hydrogens is 394 g/mol. The Morgan fingerprint density at radius 3 is 2.33 bits per heavy atom. The fourth-order valence-corrected chi connectivity index (χ4v) is 2.64. The van der Waals surface area contributed by atoms with E-state index in [4.69, 9.17) is 18.7 Å². The third kappa shape index (κ3) is 7.92. The molecule has 0 radical (unpaired) electrons. The van der Waals surface area contributed by atoms with Crippen LogP contribution >= 0.6 is 0 Å². The zero-order valence-corrected chi connectivity index (χ0v) is 19.0. The van der Waals surface area contributed by atoms with E-state index in [2.05, 4.69) is 10.5 Å². The number of rotatable bonds is 9. The van der Waals surface area contributed by atoms with Crippen molar-refractivity contribution in [2.75, 3.05) is 21.3 Å². The van der Waals surface area contributed by atoms with Gasteiger partial charge in [0.25, 0.3) is 5.88 Å². The van der Waals surface area contributed by atoms with Crippen LogP contribution in [0.2, 0.25) is 0 Å². The Kier molecular flexibility index (Phi) is 9.13. The molecule has 170 valence electrons. The molecule has 0 saturated carbocycles. The Labute approximate surface area is 177 Å². The maximum atomic E-state index is 13.0. The number of esters is 1. The lowest BCUT2D eigenvalue weighted by atomic mass is 10.0. The molecular formula is C20H33N3O7. The van der Waals surface area contributed by atoms with E-state index in [1.807, 2.05) is 13.8 Å². The van der Waals surface area contributed by atoms with Gasteiger partial charge in [0.1, 0.15) is 23.4 Å². The highest BCUT2D eigenvalue weighted by atomic mass is 16.6. The molecule has 0 aliphatic rings. The van der Waals surface area contributed by atoms with Crippen LogP contribution in [0.1, 0.15) is 46.8 Å². The Bertz CT molecular complexity index is 724. The van der Waals surface area contributed by atoms with Crippen molar-refractivity contribution in [3.63, 3.8) is 0 Å². The summed E-state index contributed by atoms with van der Waals surface area (Å²) in [4.78, 5) is 39.0. The summed E-state index contributed by atoms with van der Waals surface area (Å²) in [6.07, 6.45) is -0.233. The molecule has 0 saturated heterocycles. The van der Waals surface area contributed by atoms with Crippen molar-refractivity contribution in [2.45, 2.75) is 65.1 Å². The van der Waals surface area contributed by atoms with Crippen molar-refractivity contribution in [1.29, 1.82) is 0 Å². The summed E-state index contributed by atoms with van der Waals surface area (Å²) < 4.78 is 20.2. The zero-order valence-electron chi connectivity index (χ0n) is 19.0. The van der Waals surface area contributed by atoms with Crippen molar-refractivity contribution in [3.05, 3.63) is 11.8 Å². The van der Waals surface area contributed by atoms with Gasteiger partial charge in [0.15, 0.2) is 0 Å².